The summed E-state index contributed by atoms with van der Waals surface area (Å²) >= 11 is 10.2. The molecule has 11 heavy (non-hydrogen) atoms. The molecule has 1 aromatic heterocycles. The molecule has 0 saturated heterocycles. The molecule has 1 aromatic rings. The Morgan fingerprint density at radius 2 is 1.18 bits per heavy atom. The molecule has 0 aromatic carbocycles. The number of nitrogens with one attached hydrogen (secondary N) is 1. The van der Waals surface area contributed by atoms with Gasteiger partial charge in [-0.15, -0.1) is 0 Å². The van der Waals surface area contributed by atoms with Crippen LogP contribution in [-0.4, -0.2) is 2.73 Å². The summed E-state index contributed by atoms with van der Waals surface area (Å²) in [6.45, 7) is 0. The first-order valence-electron chi connectivity index (χ1n) is 2.59. The van der Waals surface area contributed by atoms with Crippen LogP contribution in [0.3, 0.4) is 0 Å². The molecule has 1 N–H and O–H groups in total. The summed E-state index contributed by atoms with van der Waals surface area (Å²) in [5.41, 5.74) is 0. The summed E-state index contributed by atoms with van der Waals surface area (Å²) in [4.78, 5) is 2.89. The van der Waals surface area contributed by atoms with Crippen molar-refractivity contribution in [2.45, 2.75) is 0 Å². The summed E-state index contributed by atoms with van der Waals surface area (Å²) in [6.07, 6.45) is 3.75. The Morgan fingerprint density at radius 3 is 1.27 bits per heavy atom. The topological polar surface area (TPSA) is 14.1 Å². The third kappa shape index (κ3) is 19.3. The summed E-state index contributed by atoms with van der Waals surface area (Å²) in [6, 6.07) is 5.86. The van der Waals surface area contributed by atoms with Gasteiger partial charge in [-0.2, -0.15) is 0 Å². The van der Waals surface area contributed by atoms with E-state index < -0.39 is 2.73 Å². The van der Waals surface area contributed by atoms with Crippen molar-refractivity contribution in [2.75, 3.05) is 0 Å². The zero-order valence-electron chi connectivity index (χ0n) is 5.35. The largest absolute Gasteiger partial charge is 0.218 e. The molecule has 64 valence electrons. The van der Waals surface area contributed by atoms with Crippen LogP contribution in [0.25, 0.3) is 0 Å². The second-order valence-electron chi connectivity index (χ2n) is 1.46. The molecule has 0 saturated carbocycles. The van der Waals surface area contributed by atoms with Crippen molar-refractivity contribution in [3.05, 3.63) is 30.6 Å². The molecular weight excluding hydrogens is 703 g/mol. The van der Waals surface area contributed by atoms with E-state index in [1.165, 1.54) is 0 Å². The van der Waals surface area contributed by atoms with E-state index in [-0.39, 0.29) is 0 Å². The smallest absolute Gasteiger partial charge is 0.166 e. The van der Waals surface area contributed by atoms with E-state index in [1.807, 2.05) is 30.6 Å². The van der Waals surface area contributed by atoms with Crippen molar-refractivity contribution in [1.29, 1.82) is 0 Å². The third-order valence-electron chi connectivity index (χ3n) is 0.607. The van der Waals surface area contributed by atoms with Gasteiger partial charge in [0.05, 0.1) is 0 Å². The van der Waals surface area contributed by atoms with Crippen molar-refractivity contribution in [3.63, 3.8) is 0 Å². The fraction of sp³-hybridized carbons (Fsp3) is 0. The van der Waals surface area contributed by atoms with Crippen LogP contribution in [0.2, 0.25) is 0 Å². The SMILES string of the molecule is [I][Sb-]([I])([I])[I].c1cc[nH+]cc1. The van der Waals surface area contributed by atoms with Crippen LogP contribution < -0.4 is 4.98 Å². The van der Waals surface area contributed by atoms with Gasteiger partial charge in [-0.25, -0.2) is 4.98 Å². The Balaban J connectivity index is 0.000000187. The van der Waals surface area contributed by atoms with Gasteiger partial charge >= 0.3 is 76.7 Å². The fourth-order valence-corrected chi connectivity index (χ4v) is 0.342. The van der Waals surface area contributed by atoms with Crippen LogP contribution in [0.15, 0.2) is 30.6 Å². The average molecular weight is 709 g/mol. The maximum absolute atomic E-state index is 2.89. The number of aromatic nitrogens is 1. The Morgan fingerprint density at radius 1 is 0.818 bits per heavy atom. The number of halogens is 4. The van der Waals surface area contributed by atoms with Gasteiger partial charge in [0, 0.05) is 12.1 Å². The van der Waals surface area contributed by atoms with Crippen LogP contribution in [-0.2, 0) is 0 Å². The van der Waals surface area contributed by atoms with Crippen molar-refractivity contribution >= 4 is 76.7 Å². The van der Waals surface area contributed by atoms with Crippen LogP contribution in [0.4, 0.5) is 0 Å². The molecule has 0 fully saturated rings. The predicted octanol–water partition coefficient (Wildman–Crippen LogP) is 3.66. The molecule has 6 heteroatoms. The van der Waals surface area contributed by atoms with E-state index in [2.05, 4.69) is 79.0 Å². The number of aromatic amines is 1. The molecule has 0 atom stereocenters. The molecule has 0 bridgehead atoms. The van der Waals surface area contributed by atoms with Gasteiger partial charge in [-0.05, 0) is 0 Å². The van der Waals surface area contributed by atoms with E-state index in [4.69, 9.17) is 0 Å². The Labute approximate surface area is 109 Å². The number of hydrogen-bond acceptors (Lipinski definition) is 0. The van der Waals surface area contributed by atoms with Crippen molar-refractivity contribution in [1.82, 2.24) is 0 Å². The number of H-pyrrole nitrogens is 1. The zero-order valence-corrected chi connectivity index (χ0v) is 16.5. The van der Waals surface area contributed by atoms with Crippen LogP contribution >= 0.6 is 74.0 Å². The Bertz CT molecular complexity index is 143. The molecule has 0 aliphatic rings. The molecule has 0 spiro atoms. The maximum atomic E-state index is 2.89. The van der Waals surface area contributed by atoms with Crippen molar-refractivity contribution in [3.8, 4) is 0 Å². The van der Waals surface area contributed by atoms with Gasteiger partial charge in [0.2, 0.25) is 0 Å². The fourth-order valence-electron chi connectivity index (χ4n) is 0.342. The predicted molar refractivity (Wildman–Crippen MR) is 84.8 cm³/mol. The Kier molecular flexibility index (Phi) is 10.4. The first kappa shape index (κ1) is 13.9. The monoisotopic (exact) mass is 709 g/mol. The summed E-state index contributed by atoms with van der Waals surface area (Å²) in [5, 5.41) is 0. The van der Waals surface area contributed by atoms with Crippen LogP contribution in [0.1, 0.15) is 0 Å². The molecule has 0 unspecified atom stereocenters. The van der Waals surface area contributed by atoms with Gasteiger partial charge in [-0.1, -0.05) is 6.07 Å². The van der Waals surface area contributed by atoms with Gasteiger partial charge in [0.15, 0.2) is 12.4 Å². The van der Waals surface area contributed by atoms with Crippen molar-refractivity contribution < 1.29 is 4.98 Å². The van der Waals surface area contributed by atoms with Gasteiger partial charge in [0.1, 0.15) is 0 Å². The maximum Gasteiger partial charge on any atom is 0.166 e. The van der Waals surface area contributed by atoms with Gasteiger partial charge in [-0.3, -0.25) is 0 Å². The number of pyridine rings is 1. The summed E-state index contributed by atoms with van der Waals surface area (Å²) in [7, 11) is 0. The molecule has 0 radical (unpaired) electrons. The van der Waals surface area contributed by atoms with E-state index in [0.717, 1.165) is 0 Å². The van der Waals surface area contributed by atoms with Crippen LogP contribution in [0.5, 0.6) is 0 Å². The minimum Gasteiger partial charge on any atom is -0.218 e. The first-order valence-corrected chi connectivity index (χ1v) is 32.3. The van der Waals surface area contributed by atoms with E-state index >= 15 is 0 Å². The molecular formula is C5H6I4NSb. The molecule has 0 amide bonds. The van der Waals surface area contributed by atoms with Gasteiger partial charge in [0.25, 0.3) is 0 Å². The van der Waals surface area contributed by atoms with E-state index in [9.17, 15) is 0 Å². The van der Waals surface area contributed by atoms with Gasteiger partial charge < -0.3 is 0 Å². The van der Waals surface area contributed by atoms with Crippen molar-refractivity contribution in [2.24, 2.45) is 0 Å². The standard InChI is InChI=1S/C5H5N.4HI.Sb/c1-2-4-6-5-3-1;;;;;/h1-5H;4*1H;/q;;;;;+3/p-3. The minimum absolute atomic E-state index is 1.22. The van der Waals surface area contributed by atoms with Crippen LogP contribution in [0, 0.1) is 0 Å². The molecule has 1 heterocycles. The molecule has 0 aliphatic heterocycles. The number of rotatable bonds is 0. The quantitative estimate of drug-likeness (QED) is 0.289. The normalized spacial score (nSPS) is 11.3. The molecule has 1 nitrogen and oxygen atoms in total. The first-order chi connectivity index (χ1) is 5.00. The third-order valence-corrected chi connectivity index (χ3v) is 0.607. The zero-order chi connectivity index (χ0) is 8.74. The second-order valence-corrected chi connectivity index (χ2v) is 117. The summed E-state index contributed by atoms with van der Waals surface area (Å²) < 4.78 is -1.22. The average Bonchev–Trinajstić information content (AvgIpc) is 1.88. The molecule has 1 rings (SSSR count). The second kappa shape index (κ2) is 8.22. The molecule has 0 aliphatic carbocycles. The number of hydrogen-bond donors (Lipinski definition) is 0. The summed E-state index contributed by atoms with van der Waals surface area (Å²) in [5.74, 6) is 0. The van der Waals surface area contributed by atoms with E-state index in [1.54, 1.807) is 0 Å². The minimum atomic E-state index is -1.22. The van der Waals surface area contributed by atoms with E-state index in [0.29, 0.717) is 0 Å². The Hall–Kier alpha value is 2.89.